The van der Waals surface area contributed by atoms with Gasteiger partial charge < -0.3 is 15.1 Å². The predicted molar refractivity (Wildman–Crippen MR) is 123 cm³/mol. The van der Waals surface area contributed by atoms with E-state index >= 15 is 0 Å². The van der Waals surface area contributed by atoms with Gasteiger partial charge in [0.05, 0.1) is 0 Å². The Kier molecular flexibility index (Phi) is 6.08. The van der Waals surface area contributed by atoms with Crippen molar-refractivity contribution in [1.29, 1.82) is 0 Å². The summed E-state index contributed by atoms with van der Waals surface area (Å²) in [5, 5.41) is 2.93. The number of likely N-dealkylation sites (tertiary alicyclic amines) is 1. The third kappa shape index (κ3) is 3.86. The summed E-state index contributed by atoms with van der Waals surface area (Å²) in [6.45, 7) is 9.60. The molecule has 168 valence electrons. The molecule has 0 spiro atoms. The standard InChI is InChI=1S/C24H33N3O3S/c1-5-15(2)18(22(30)26-13-9-6-10-14-26)25-20(28)19-24(3,4)31-23-17-12-8-7-11-16(17)21(29)27(19)23/h7-8,11-12,15,18-19,23H,5-6,9-10,13-14H2,1-4H3,(H,25,28)/t15-,18-,19-,23+/m0/s1. The molecule has 0 saturated carbocycles. The number of thioether (sulfide) groups is 1. The molecule has 4 atom stereocenters. The van der Waals surface area contributed by atoms with Crippen LogP contribution >= 0.6 is 11.8 Å². The van der Waals surface area contributed by atoms with Gasteiger partial charge in [0, 0.05) is 23.4 Å². The second-order valence-corrected chi connectivity index (χ2v) is 11.3. The van der Waals surface area contributed by atoms with Crippen molar-refractivity contribution in [3.8, 4) is 0 Å². The average Bonchev–Trinajstić information content (AvgIpc) is 3.20. The Morgan fingerprint density at radius 2 is 1.87 bits per heavy atom. The Bertz CT molecular complexity index is 881. The molecule has 3 aliphatic rings. The zero-order valence-corrected chi connectivity index (χ0v) is 19.7. The smallest absolute Gasteiger partial charge is 0.256 e. The number of piperidine rings is 1. The van der Waals surface area contributed by atoms with Gasteiger partial charge in [0.15, 0.2) is 0 Å². The fourth-order valence-corrected chi connectivity index (χ4v) is 6.62. The van der Waals surface area contributed by atoms with Gasteiger partial charge in [-0.2, -0.15) is 0 Å². The summed E-state index contributed by atoms with van der Waals surface area (Å²) in [7, 11) is 0. The van der Waals surface area contributed by atoms with E-state index in [0.29, 0.717) is 5.56 Å². The minimum Gasteiger partial charge on any atom is -0.342 e. The highest BCUT2D eigenvalue weighted by Crippen LogP contribution is 2.56. The molecule has 3 aliphatic heterocycles. The van der Waals surface area contributed by atoms with Crippen molar-refractivity contribution >= 4 is 29.5 Å². The summed E-state index contributed by atoms with van der Waals surface area (Å²) in [6, 6.07) is 6.43. The summed E-state index contributed by atoms with van der Waals surface area (Å²) in [5.74, 6) is -0.283. The number of carbonyl (C=O) groups excluding carboxylic acids is 3. The minimum absolute atomic E-state index is 0.0124. The molecule has 2 fully saturated rings. The van der Waals surface area contributed by atoms with Crippen molar-refractivity contribution in [3.63, 3.8) is 0 Å². The maximum Gasteiger partial charge on any atom is 0.256 e. The van der Waals surface area contributed by atoms with Gasteiger partial charge in [-0.05, 0) is 50.7 Å². The van der Waals surface area contributed by atoms with Crippen molar-refractivity contribution < 1.29 is 14.4 Å². The quantitative estimate of drug-likeness (QED) is 0.755. The van der Waals surface area contributed by atoms with Crippen molar-refractivity contribution in [3.05, 3.63) is 35.4 Å². The van der Waals surface area contributed by atoms with E-state index in [1.165, 1.54) is 0 Å². The molecule has 0 bridgehead atoms. The van der Waals surface area contributed by atoms with Crippen molar-refractivity contribution in [1.82, 2.24) is 15.1 Å². The van der Waals surface area contributed by atoms with Gasteiger partial charge in [-0.3, -0.25) is 14.4 Å². The van der Waals surface area contributed by atoms with Crippen LogP contribution in [-0.4, -0.2) is 57.4 Å². The molecule has 7 heteroatoms. The Labute approximate surface area is 189 Å². The number of nitrogens with zero attached hydrogens (tertiary/aromatic N) is 2. The van der Waals surface area contributed by atoms with E-state index in [4.69, 9.17) is 0 Å². The van der Waals surface area contributed by atoms with Crippen LogP contribution in [-0.2, 0) is 9.59 Å². The minimum atomic E-state index is -0.622. The first-order valence-electron chi connectivity index (χ1n) is 11.4. The van der Waals surface area contributed by atoms with E-state index in [0.717, 1.165) is 44.3 Å². The van der Waals surface area contributed by atoms with Crippen LogP contribution < -0.4 is 5.32 Å². The average molecular weight is 444 g/mol. The van der Waals surface area contributed by atoms with E-state index < -0.39 is 16.8 Å². The second-order valence-electron chi connectivity index (χ2n) is 9.53. The van der Waals surface area contributed by atoms with Crippen molar-refractivity contribution in [2.24, 2.45) is 5.92 Å². The van der Waals surface area contributed by atoms with E-state index in [2.05, 4.69) is 5.32 Å². The second kappa shape index (κ2) is 8.49. The van der Waals surface area contributed by atoms with Crippen molar-refractivity contribution in [2.75, 3.05) is 13.1 Å². The van der Waals surface area contributed by atoms with E-state index in [1.807, 2.05) is 56.9 Å². The monoisotopic (exact) mass is 443 g/mol. The Balaban J connectivity index is 1.58. The lowest BCUT2D eigenvalue weighted by Gasteiger charge is -2.35. The van der Waals surface area contributed by atoms with Crippen LogP contribution in [0, 0.1) is 5.92 Å². The Morgan fingerprint density at radius 3 is 2.55 bits per heavy atom. The van der Waals surface area contributed by atoms with E-state index in [9.17, 15) is 14.4 Å². The number of rotatable bonds is 5. The highest BCUT2D eigenvalue weighted by atomic mass is 32.2. The molecule has 0 radical (unpaired) electrons. The number of hydrogen-bond acceptors (Lipinski definition) is 4. The number of carbonyl (C=O) groups is 3. The molecule has 3 amide bonds. The summed E-state index contributed by atoms with van der Waals surface area (Å²) in [4.78, 5) is 43.8. The lowest BCUT2D eigenvalue weighted by molar-refractivity contribution is -0.139. The first kappa shape index (κ1) is 22.2. The molecule has 2 saturated heterocycles. The fraction of sp³-hybridized carbons (Fsp3) is 0.625. The van der Waals surface area contributed by atoms with Crippen molar-refractivity contribution in [2.45, 2.75) is 75.6 Å². The van der Waals surface area contributed by atoms with Crippen LogP contribution in [0.4, 0.5) is 0 Å². The normalized spacial score (nSPS) is 26.3. The maximum atomic E-state index is 13.6. The molecular weight excluding hydrogens is 410 g/mol. The van der Waals surface area contributed by atoms with Gasteiger partial charge in [-0.15, -0.1) is 11.8 Å². The summed E-state index contributed by atoms with van der Waals surface area (Å²) in [6.07, 6.45) is 3.98. The molecule has 0 aliphatic carbocycles. The first-order chi connectivity index (χ1) is 14.8. The SMILES string of the molecule is CC[C@H](C)[C@H](NC(=O)[C@@H]1N2C(=O)c3ccccc3[C@H]2SC1(C)C)C(=O)N1CCCCC1. The zero-order chi connectivity index (χ0) is 22.3. The molecule has 3 heterocycles. The van der Waals surface area contributed by atoms with Gasteiger partial charge in [0.25, 0.3) is 5.91 Å². The zero-order valence-electron chi connectivity index (χ0n) is 18.9. The van der Waals surface area contributed by atoms with Crippen LogP contribution in [0.15, 0.2) is 24.3 Å². The highest BCUT2D eigenvalue weighted by Gasteiger charge is 2.57. The third-order valence-electron chi connectivity index (χ3n) is 6.99. The summed E-state index contributed by atoms with van der Waals surface area (Å²) >= 11 is 1.65. The van der Waals surface area contributed by atoms with E-state index in [1.54, 1.807) is 16.7 Å². The molecule has 1 N–H and O–H groups in total. The van der Waals surface area contributed by atoms with Crippen LogP contribution in [0.25, 0.3) is 0 Å². The van der Waals surface area contributed by atoms with Crippen LogP contribution in [0.3, 0.4) is 0 Å². The lowest BCUT2D eigenvalue weighted by atomic mass is 9.94. The number of nitrogens with one attached hydrogen (secondary N) is 1. The maximum absolute atomic E-state index is 13.6. The predicted octanol–water partition coefficient (Wildman–Crippen LogP) is 3.58. The van der Waals surface area contributed by atoms with Gasteiger partial charge in [0.2, 0.25) is 11.8 Å². The van der Waals surface area contributed by atoms with Gasteiger partial charge in [-0.25, -0.2) is 0 Å². The Hall–Kier alpha value is -2.02. The van der Waals surface area contributed by atoms with Gasteiger partial charge >= 0.3 is 0 Å². The molecule has 31 heavy (non-hydrogen) atoms. The van der Waals surface area contributed by atoms with Gasteiger partial charge in [-0.1, -0.05) is 38.5 Å². The fourth-order valence-electron chi connectivity index (χ4n) is 5.03. The number of hydrogen-bond donors (Lipinski definition) is 1. The molecule has 1 aromatic rings. The van der Waals surface area contributed by atoms with Gasteiger partial charge in [0.1, 0.15) is 17.5 Å². The van der Waals surface area contributed by atoms with Crippen LogP contribution in [0.5, 0.6) is 0 Å². The third-order valence-corrected chi connectivity index (χ3v) is 8.52. The number of benzene rings is 1. The Morgan fingerprint density at radius 1 is 1.19 bits per heavy atom. The molecule has 4 rings (SSSR count). The van der Waals surface area contributed by atoms with Crippen LogP contribution in [0.1, 0.15) is 74.7 Å². The lowest BCUT2D eigenvalue weighted by Crippen LogP contribution is -2.59. The first-order valence-corrected chi connectivity index (χ1v) is 12.3. The molecule has 6 nitrogen and oxygen atoms in total. The number of amides is 3. The van der Waals surface area contributed by atoms with Crippen LogP contribution in [0.2, 0.25) is 0 Å². The number of fused-ring (bicyclic) bond motifs is 3. The molecule has 0 aromatic heterocycles. The summed E-state index contributed by atoms with van der Waals surface area (Å²) in [5.41, 5.74) is 1.65. The largest absolute Gasteiger partial charge is 0.342 e. The molecular formula is C24H33N3O3S. The molecule has 0 unspecified atom stereocenters. The molecule has 1 aromatic carbocycles. The highest BCUT2D eigenvalue weighted by molar-refractivity contribution is 8.01. The van der Waals surface area contributed by atoms with E-state index in [-0.39, 0.29) is 29.0 Å². The summed E-state index contributed by atoms with van der Waals surface area (Å²) < 4.78 is -0.452. The topological polar surface area (TPSA) is 69.7 Å².